The van der Waals surface area contributed by atoms with Gasteiger partial charge in [-0.1, -0.05) is 17.7 Å². The fourth-order valence-electron chi connectivity index (χ4n) is 1.37. The number of hydrogen-bond acceptors (Lipinski definition) is 5. The Morgan fingerprint density at radius 3 is 2.84 bits per heavy atom. The molecule has 0 bridgehead atoms. The summed E-state index contributed by atoms with van der Waals surface area (Å²) in [5.41, 5.74) is 6.18. The number of benzene rings is 1. The monoisotopic (exact) mass is 297 g/mol. The van der Waals surface area contributed by atoms with Crippen molar-refractivity contribution < 1.29 is 14.3 Å². The number of esters is 1. The Bertz CT molecular complexity index is 571. The van der Waals surface area contributed by atoms with Crippen molar-refractivity contribution in [3.63, 3.8) is 0 Å². The Morgan fingerprint density at radius 1 is 1.32 bits per heavy atom. The molecule has 0 atom stereocenters. The summed E-state index contributed by atoms with van der Waals surface area (Å²) in [4.78, 5) is 12.4. The first-order valence-electron chi connectivity index (χ1n) is 5.51. The van der Waals surface area contributed by atoms with E-state index in [4.69, 9.17) is 26.8 Å². The summed E-state index contributed by atoms with van der Waals surface area (Å²) in [7, 11) is 0. The third kappa shape index (κ3) is 4.46. The first-order chi connectivity index (χ1) is 9.13. The summed E-state index contributed by atoms with van der Waals surface area (Å²) in [6, 6.07) is 10.4. The van der Waals surface area contributed by atoms with Crippen molar-refractivity contribution in [1.29, 1.82) is 0 Å². The molecular weight excluding hydrogens is 286 g/mol. The Kier molecular flexibility index (Phi) is 4.65. The van der Waals surface area contributed by atoms with Crippen LogP contribution in [0.1, 0.15) is 4.88 Å². The lowest BCUT2D eigenvalue weighted by Gasteiger charge is -2.06. The van der Waals surface area contributed by atoms with Crippen LogP contribution in [0.5, 0.6) is 5.75 Å². The van der Waals surface area contributed by atoms with Crippen LogP contribution >= 0.6 is 22.9 Å². The smallest absolute Gasteiger partial charge is 0.344 e. The molecule has 4 nitrogen and oxygen atoms in total. The minimum atomic E-state index is -0.438. The number of carbonyl (C=O) groups excluding carboxylic acids is 1. The second kappa shape index (κ2) is 6.45. The number of nitrogens with two attached hydrogens (primary N) is 1. The third-order valence-electron chi connectivity index (χ3n) is 2.22. The van der Waals surface area contributed by atoms with E-state index in [1.54, 1.807) is 30.3 Å². The Labute approximate surface area is 119 Å². The highest BCUT2D eigenvalue weighted by atomic mass is 35.5. The van der Waals surface area contributed by atoms with Crippen LogP contribution < -0.4 is 10.5 Å². The molecular formula is C13H12ClNO3S. The van der Waals surface area contributed by atoms with E-state index in [0.29, 0.717) is 15.8 Å². The van der Waals surface area contributed by atoms with Crippen molar-refractivity contribution in [2.45, 2.75) is 6.61 Å². The van der Waals surface area contributed by atoms with Crippen LogP contribution in [0.2, 0.25) is 4.34 Å². The number of halogens is 1. The van der Waals surface area contributed by atoms with Crippen molar-refractivity contribution in [3.05, 3.63) is 45.6 Å². The van der Waals surface area contributed by atoms with E-state index in [2.05, 4.69) is 0 Å². The number of hydrogen-bond donors (Lipinski definition) is 1. The topological polar surface area (TPSA) is 61.5 Å². The molecule has 0 aliphatic carbocycles. The summed E-state index contributed by atoms with van der Waals surface area (Å²) in [6.07, 6.45) is 0. The molecule has 19 heavy (non-hydrogen) atoms. The van der Waals surface area contributed by atoms with Crippen molar-refractivity contribution in [2.75, 3.05) is 12.3 Å². The molecule has 2 aromatic rings. The maximum atomic E-state index is 11.5. The summed E-state index contributed by atoms with van der Waals surface area (Å²) < 4.78 is 11.0. The zero-order chi connectivity index (χ0) is 13.7. The van der Waals surface area contributed by atoms with Gasteiger partial charge in [0.15, 0.2) is 6.61 Å². The summed E-state index contributed by atoms with van der Waals surface area (Å²) in [5, 5.41) is 0. The van der Waals surface area contributed by atoms with Gasteiger partial charge in [0.25, 0.3) is 0 Å². The molecule has 0 saturated heterocycles. The van der Waals surface area contributed by atoms with E-state index in [0.717, 1.165) is 4.88 Å². The molecule has 0 fully saturated rings. The molecule has 0 amide bonds. The van der Waals surface area contributed by atoms with Gasteiger partial charge in [0, 0.05) is 16.6 Å². The van der Waals surface area contributed by atoms with Crippen LogP contribution in [0.25, 0.3) is 0 Å². The van der Waals surface area contributed by atoms with Crippen LogP contribution in [-0.2, 0) is 16.1 Å². The Morgan fingerprint density at radius 2 is 2.16 bits per heavy atom. The standard InChI is InChI=1S/C13H12ClNO3S/c14-12-5-4-11(19-12)7-18-13(16)8-17-10-3-1-2-9(15)6-10/h1-6H,7-8,15H2. The highest BCUT2D eigenvalue weighted by molar-refractivity contribution is 7.16. The average Bonchev–Trinajstić information content (AvgIpc) is 2.80. The van der Waals surface area contributed by atoms with Crippen LogP contribution in [0.3, 0.4) is 0 Å². The maximum Gasteiger partial charge on any atom is 0.344 e. The fourth-order valence-corrected chi connectivity index (χ4v) is 2.37. The van der Waals surface area contributed by atoms with E-state index in [9.17, 15) is 4.79 Å². The Balaban J connectivity index is 1.75. The van der Waals surface area contributed by atoms with Gasteiger partial charge in [0.05, 0.1) is 4.34 Å². The second-order valence-electron chi connectivity index (χ2n) is 3.73. The second-order valence-corrected chi connectivity index (χ2v) is 5.53. The van der Waals surface area contributed by atoms with Crippen LogP contribution in [0.4, 0.5) is 5.69 Å². The first kappa shape index (κ1) is 13.7. The highest BCUT2D eigenvalue weighted by Crippen LogP contribution is 2.22. The lowest BCUT2D eigenvalue weighted by Crippen LogP contribution is -2.14. The predicted molar refractivity (Wildman–Crippen MR) is 75.5 cm³/mol. The molecule has 6 heteroatoms. The van der Waals surface area contributed by atoms with E-state index < -0.39 is 5.97 Å². The molecule has 0 unspecified atom stereocenters. The van der Waals surface area contributed by atoms with Crippen LogP contribution in [0.15, 0.2) is 36.4 Å². The lowest BCUT2D eigenvalue weighted by molar-refractivity contribution is -0.147. The number of anilines is 1. The average molecular weight is 298 g/mol. The van der Waals surface area contributed by atoms with Crippen LogP contribution in [-0.4, -0.2) is 12.6 Å². The summed E-state index contributed by atoms with van der Waals surface area (Å²) in [6.45, 7) is 0.0546. The first-order valence-corrected chi connectivity index (χ1v) is 6.71. The van der Waals surface area contributed by atoms with Gasteiger partial charge in [0.1, 0.15) is 12.4 Å². The quantitative estimate of drug-likeness (QED) is 0.680. The summed E-state index contributed by atoms with van der Waals surface area (Å²) in [5.74, 6) is 0.100. The molecule has 0 saturated carbocycles. The molecule has 0 aliphatic heterocycles. The highest BCUT2D eigenvalue weighted by Gasteiger charge is 2.06. The van der Waals surface area contributed by atoms with E-state index in [1.807, 2.05) is 6.07 Å². The molecule has 1 heterocycles. The van der Waals surface area contributed by atoms with Gasteiger partial charge < -0.3 is 15.2 Å². The zero-order valence-electron chi connectivity index (χ0n) is 9.97. The van der Waals surface area contributed by atoms with Gasteiger partial charge >= 0.3 is 5.97 Å². The van der Waals surface area contributed by atoms with Gasteiger partial charge in [-0.2, -0.15) is 0 Å². The molecule has 1 aromatic carbocycles. The molecule has 100 valence electrons. The fraction of sp³-hybridized carbons (Fsp3) is 0.154. The molecule has 0 radical (unpaired) electrons. The lowest BCUT2D eigenvalue weighted by atomic mass is 10.3. The van der Waals surface area contributed by atoms with Gasteiger partial charge in [0.2, 0.25) is 0 Å². The van der Waals surface area contributed by atoms with Gasteiger partial charge in [-0.15, -0.1) is 11.3 Å². The number of ether oxygens (including phenoxy) is 2. The molecule has 0 aliphatic rings. The van der Waals surface area contributed by atoms with E-state index >= 15 is 0 Å². The number of thiophene rings is 1. The van der Waals surface area contributed by atoms with Crippen molar-refractivity contribution in [1.82, 2.24) is 0 Å². The summed E-state index contributed by atoms with van der Waals surface area (Å²) >= 11 is 7.15. The maximum absolute atomic E-state index is 11.5. The van der Waals surface area contributed by atoms with Gasteiger partial charge in [-0.05, 0) is 24.3 Å². The van der Waals surface area contributed by atoms with Gasteiger partial charge in [-0.25, -0.2) is 4.79 Å². The molecule has 1 aromatic heterocycles. The van der Waals surface area contributed by atoms with E-state index in [-0.39, 0.29) is 13.2 Å². The predicted octanol–water partition coefficient (Wildman–Crippen LogP) is 3.11. The Hall–Kier alpha value is -1.72. The largest absolute Gasteiger partial charge is 0.482 e. The molecule has 2 rings (SSSR count). The minimum absolute atomic E-state index is 0.150. The third-order valence-corrected chi connectivity index (χ3v) is 3.42. The van der Waals surface area contributed by atoms with Gasteiger partial charge in [-0.3, -0.25) is 0 Å². The molecule has 2 N–H and O–H groups in total. The van der Waals surface area contributed by atoms with Crippen molar-refractivity contribution in [2.24, 2.45) is 0 Å². The number of rotatable bonds is 5. The number of nitrogen functional groups attached to an aromatic ring is 1. The van der Waals surface area contributed by atoms with Crippen molar-refractivity contribution >= 4 is 34.6 Å². The normalized spacial score (nSPS) is 10.2. The SMILES string of the molecule is Nc1cccc(OCC(=O)OCc2ccc(Cl)s2)c1. The zero-order valence-corrected chi connectivity index (χ0v) is 11.5. The number of carbonyl (C=O) groups is 1. The van der Waals surface area contributed by atoms with Crippen LogP contribution in [0, 0.1) is 0 Å². The molecule has 0 spiro atoms. The minimum Gasteiger partial charge on any atom is -0.482 e. The van der Waals surface area contributed by atoms with E-state index in [1.165, 1.54) is 11.3 Å². The van der Waals surface area contributed by atoms with Crippen molar-refractivity contribution in [3.8, 4) is 5.75 Å².